The molecule has 2 aromatic rings. The molecule has 7 nitrogen and oxygen atoms in total. The molecule has 0 aromatic heterocycles. The Labute approximate surface area is 196 Å². The predicted molar refractivity (Wildman–Crippen MR) is 130 cm³/mol. The van der Waals surface area contributed by atoms with E-state index in [-0.39, 0.29) is 11.7 Å². The number of nitrogens with one attached hydrogen (secondary N) is 1. The minimum atomic E-state index is -0.783. The number of amides is 1. The second-order valence-corrected chi connectivity index (χ2v) is 8.97. The van der Waals surface area contributed by atoms with Crippen LogP contribution in [0, 0.1) is 5.41 Å². The van der Waals surface area contributed by atoms with E-state index in [4.69, 9.17) is 20.6 Å². The van der Waals surface area contributed by atoms with Gasteiger partial charge < -0.3 is 20.1 Å². The zero-order valence-electron chi connectivity index (χ0n) is 19.5. The summed E-state index contributed by atoms with van der Waals surface area (Å²) in [6.07, 6.45) is 3.01. The van der Waals surface area contributed by atoms with E-state index in [9.17, 15) is 4.79 Å². The summed E-state index contributed by atoms with van der Waals surface area (Å²) < 4.78 is 12.0. The van der Waals surface area contributed by atoms with Crippen molar-refractivity contribution < 1.29 is 14.3 Å². The van der Waals surface area contributed by atoms with Crippen LogP contribution in [0.1, 0.15) is 50.3 Å². The molecule has 7 heteroatoms. The van der Waals surface area contributed by atoms with E-state index < -0.39 is 6.10 Å². The van der Waals surface area contributed by atoms with E-state index in [1.54, 1.807) is 23.1 Å². The normalized spacial score (nSPS) is 23.2. The van der Waals surface area contributed by atoms with Crippen molar-refractivity contribution in [3.8, 4) is 5.75 Å². The van der Waals surface area contributed by atoms with Crippen molar-refractivity contribution >= 4 is 17.4 Å². The Hall–Kier alpha value is -2.90. The number of rotatable bonds is 8. The third-order valence-corrected chi connectivity index (χ3v) is 6.72. The topological polar surface area (TPSA) is 91.9 Å². The van der Waals surface area contributed by atoms with Crippen molar-refractivity contribution in [2.75, 3.05) is 31.2 Å². The number of nitrogen functional groups attached to an aromatic ring is 1. The maximum Gasteiger partial charge on any atom is 0.272 e. The SMILES string of the molecule is C[C@@H]1CCC[C@H](C)N1CCOCCN1C(=O)C(c2cccc(C(=N)N)c2)Oc2ccccc21. The first kappa shape index (κ1) is 23.3. The average molecular weight is 451 g/mol. The lowest BCUT2D eigenvalue weighted by Gasteiger charge is -2.39. The second kappa shape index (κ2) is 10.4. The standard InChI is InChI=1S/C26H34N4O3/c1-18-7-5-8-19(2)29(18)13-15-32-16-14-30-22-11-3-4-12-23(22)33-24(26(30)31)20-9-6-10-21(17-20)25(27)28/h3-4,6,9-12,17-19,24H,5,7-8,13-16H2,1-2H3,(H3,27,28)/t18-,19+,24?. The number of likely N-dealkylation sites (tertiary alicyclic amines) is 1. The summed E-state index contributed by atoms with van der Waals surface area (Å²) in [5, 5.41) is 7.70. The molecular weight excluding hydrogens is 416 g/mol. The molecule has 3 N–H and O–H groups in total. The van der Waals surface area contributed by atoms with Gasteiger partial charge >= 0.3 is 0 Å². The number of amidine groups is 1. The van der Waals surface area contributed by atoms with Gasteiger partial charge in [-0.1, -0.05) is 36.8 Å². The minimum absolute atomic E-state index is 0.0388. The highest BCUT2D eigenvalue weighted by molar-refractivity contribution is 6.01. The number of nitrogens with zero attached hydrogens (tertiary/aromatic N) is 2. The third kappa shape index (κ3) is 5.20. The van der Waals surface area contributed by atoms with Crippen LogP contribution in [0.5, 0.6) is 5.75 Å². The molecule has 2 aliphatic heterocycles. The fraction of sp³-hybridized carbons (Fsp3) is 0.462. The Kier molecular flexibility index (Phi) is 7.30. The van der Waals surface area contributed by atoms with Crippen LogP contribution in [-0.2, 0) is 9.53 Å². The van der Waals surface area contributed by atoms with Crippen molar-refractivity contribution in [2.45, 2.75) is 51.3 Å². The van der Waals surface area contributed by atoms with Crippen LogP contribution < -0.4 is 15.4 Å². The van der Waals surface area contributed by atoms with E-state index >= 15 is 0 Å². The van der Waals surface area contributed by atoms with Gasteiger partial charge in [0.25, 0.3) is 5.91 Å². The highest BCUT2D eigenvalue weighted by Crippen LogP contribution is 2.38. The van der Waals surface area contributed by atoms with E-state index in [0.29, 0.717) is 48.7 Å². The number of hydrogen-bond donors (Lipinski definition) is 2. The Balaban J connectivity index is 1.42. The van der Waals surface area contributed by atoms with Crippen LogP contribution in [0.25, 0.3) is 0 Å². The summed E-state index contributed by atoms with van der Waals surface area (Å²) in [7, 11) is 0. The number of benzene rings is 2. The van der Waals surface area contributed by atoms with E-state index in [0.717, 1.165) is 12.2 Å². The highest BCUT2D eigenvalue weighted by atomic mass is 16.5. The van der Waals surface area contributed by atoms with Gasteiger partial charge in [-0.15, -0.1) is 0 Å². The molecule has 1 fully saturated rings. The van der Waals surface area contributed by atoms with Gasteiger partial charge in [-0.3, -0.25) is 15.1 Å². The third-order valence-electron chi connectivity index (χ3n) is 6.72. The summed E-state index contributed by atoms with van der Waals surface area (Å²) in [4.78, 5) is 17.7. The van der Waals surface area contributed by atoms with Gasteiger partial charge in [0.05, 0.1) is 18.9 Å². The van der Waals surface area contributed by atoms with E-state index in [2.05, 4.69) is 18.7 Å². The summed E-state index contributed by atoms with van der Waals surface area (Å²) in [6.45, 7) is 7.06. The number of carbonyl (C=O) groups excluding carboxylic acids is 1. The number of carbonyl (C=O) groups is 1. The lowest BCUT2D eigenvalue weighted by molar-refractivity contribution is -0.126. The molecule has 1 amide bonds. The Bertz CT molecular complexity index is 985. The fourth-order valence-corrected chi connectivity index (χ4v) is 4.87. The second-order valence-electron chi connectivity index (χ2n) is 8.97. The van der Waals surface area contributed by atoms with Crippen LogP contribution in [0.3, 0.4) is 0 Å². The molecule has 0 aliphatic carbocycles. The molecule has 2 aromatic carbocycles. The quantitative estimate of drug-likeness (QED) is 0.363. The number of nitrogens with two attached hydrogens (primary N) is 1. The number of piperidine rings is 1. The monoisotopic (exact) mass is 450 g/mol. The van der Waals surface area contributed by atoms with Crippen LogP contribution >= 0.6 is 0 Å². The fourth-order valence-electron chi connectivity index (χ4n) is 4.87. The Morgan fingerprint density at radius 3 is 2.58 bits per heavy atom. The smallest absolute Gasteiger partial charge is 0.272 e. The van der Waals surface area contributed by atoms with Crippen molar-refractivity contribution in [3.63, 3.8) is 0 Å². The first-order valence-corrected chi connectivity index (χ1v) is 11.8. The minimum Gasteiger partial charge on any atom is -0.474 e. The van der Waals surface area contributed by atoms with E-state index in [1.807, 2.05) is 30.3 Å². The molecule has 0 saturated carbocycles. The molecule has 4 rings (SSSR count). The molecular formula is C26H34N4O3. The first-order chi connectivity index (χ1) is 16.0. The molecule has 2 aliphatic rings. The van der Waals surface area contributed by atoms with Gasteiger partial charge in [0.15, 0.2) is 0 Å². The summed E-state index contributed by atoms with van der Waals surface area (Å²) in [6, 6.07) is 15.9. The first-order valence-electron chi connectivity index (χ1n) is 11.8. The van der Waals surface area contributed by atoms with Gasteiger partial charge in [0.1, 0.15) is 11.6 Å². The molecule has 1 saturated heterocycles. The molecule has 33 heavy (non-hydrogen) atoms. The summed E-state index contributed by atoms with van der Waals surface area (Å²) >= 11 is 0. The van der Waals surface area contributed by atoms with Gasteiger partial charge in [0.2, 0.25) is 6.10 Å². The van der Waals surface area contributed by atoms with Crippen molar-refractivity contribution in [3.05, 3.63) is 59.7 Å². The zero-order valence-corrected chi connectivity index (χ0v) is 19.5. The predicted octanol–water partition coefficient (Wildman–Crippen LogP) is 3.72. The molecule has 0 radical (unpaired) electrons. The maximum atomic E-state index is 13.4. The summed E-state index contributed by atoms with van der Waals surface area (Å²) in [5.41, 5.74) is 7.65. The largest absolute Gasteiger partial charge is 0.474 e. The van der Waals surface area contributed by atoms with Crippen LogP contribution in [0.4, 0.5) is 5.69 Å². The zero-order chi connectivity index (χ0) is 23.4. The Morgan fingerprint density at radius 2 is 1.82 bits per heavy atom. The lowest BCUT2D eigenvalue weighted by atomic mass is 9.98. The molecule has 176 valence electrons. The molecule has 1 unspecified atom stereocenters. The lowest BCUT2D eigenvalue weighted by Crippen LogP contribution is -2.45. The van der Waals surface area contributed by atoms with Gasteiger partial charge in [-0.2, -0.15) is 0 Å². The van der Waals surface area contributed by atoms with E-state index in [1.165, 1.54) is 19.3 Å². The summed E-state index contributed by atoms with van der Waals surface area (Å²) in [5.74, 6) is 0.477. The van der Waals surface area contributed by atoms with Crippen molar-refractivity contribution in [1.29, 1.82) is 5.41 Å². The number of ether oxygens (including phenoxy) is 2. The molecule has 0 bridgehead atoms. The van der Waals surface area contributed by atoms with Crippen LogP contribution in [-0.4, -0.2) is 55.0 Å². The number of hydrogen-bond acceptors (Lipinski definition) is 5. The van der Waals surface area contributed by atoms with Crippen molar-refractivity contribution in [2.24, 2.45) is 5.73 Å². The van der Waals surface area contributed by atoms with Gasteiger partial charge in [0, 0.05) is 36.3 Å². The van der Waals surface area contributed by atoms with Crippen LogP contribution in [0.2, 0.25) is 0 Å². The molecule has 3 atom stereocenters. The maximum absolute atomic E-state index is 13.4. The van der Waals surface area contributed by atoms with Crippen molar-refractivity contribution in [1.82, 2.24) is 4.90 Å². The van der Waals surface area contributed by atoms with Gasteiger partial charge in [-0.25, -0.2) is 0 Å². The number of fused-ring (bicyclic) bond motifs is 1. The molecule has 2 heterocycles. The number of para-hydroxylation sites is 2. The van der Waals surface area contributed by atoms with Crippen LogP contribution in [0.15, 0.2) is 48.5 Å². The average Bonchev–Trinajstić information content (AvgIpc) is 2.81. The Morgan fingerprint density at radius 1 is 1.09 bits per heavy atom. The van der Waals surface area contributed by atoms with Gasteiger partial charge in [-0.05, 0) is 44.9 Å². The molecule has 0 spiro atoms. The highest BCUT2D eigenvalue weighted by Gasteiger charge is 2.35. The number of anilines is 1.